The van der Waals surface area contributed by atoms with Gasteiger partial charge in [-0.2, -0.15) is 0 Å². The van der Waals surface area contributed by atoms with Gasteiger partial charge in [-0.05, 0) is 15.9 Å². The molecular weight excluding hydrogens is 242 g/mol. The van der Waals surface area contributed by atoms with E-state index in [1.807, 2.05) is 0 Å². The maximum absolute atomic E-state index is 10.6. The van der Waals surface area contributed by atoms with Crippen molar-refractivity contribution in [3.8, 4) is 11.5 Å². The molecule has 0 atom stereocenters. The highest BCUT2D eigenvalue weighted by Crippen LogP contribution is 2.37. The van der Waals surface area contributed by atoms with E-state index in [4.69, 9.17) is 14.6 Å². The smallest absolute Gasteiger partial charge is 0.354 e. The Morgan fingerprint density at radius 2 is 2.38 bits per heavy atom. The Bertz CT molecular complexity index is 379. The topological polar surface area (TPSA) is 68.7 Å². The van der Waals surface area contributed by atoms with Gasteiger partial charge in [0.1, 0.15) is 0 Å². The van der Waals surface area contributed by atoms with E-state index in [1.165, 1.54) is 6.07 Å². The number of carboxylic acids is 1. The molecule has 0 unspecified atom stereocenters. The van der Waals surface area contributed by atoms with Crippen molar-refractivity contribution in [2.45, 2.75) is 0 Å². The summed E-state index contributed by atoms with van der Waals surface area (Å²) in [7, 11) is 0. The third-order valence-corrected chi connectivity index (χ3v) is 2.07. The van der Waals surface area contributed by atoms with Crippen LogP contribution in [0.4, 0.5) is 0 Å². The summed E-state index contributed by atoms with van der Waals surface area (Å²) < 4.78 is 10.4. The van der Waals surface area contributed by atoms with Crippen LogP contribution >= 0.6 is 15.9 Å². The van der Waals surface area contributed by atoms with Crippen molar-refractivity contribution >= 4 is 21.9 Å². The molecule has 6 heteroatoms. The zero-order chi connectivity index (χ0) is 9.42. The van der Waals surface area contributed by atoms with Crippen LogP contribution in [0.25, 0.3) is 0 Å². The molecule has 5 nitrogen and oxygen atoms in total. The Balaban J connectivity index is 2.55. The van der Waals surface area contributed by atoms with E-state index in [-0.39, 0.29) is 12.5 Å². The minimum absolute atomic E-state index is 0.0730. The first-order chi connectivity index (χ1) is 6.18. The lowest BCUT2D eigenvalue weighted by molar-refractivity contribution is 0.0690. The highest BCUT2D eigenvalue weighted by molar-refractivity contribution is 9.10. The van der Waals surface area contributed by atoms with Gasteiger partial charge >= 0.3 is 5.97 Å². The summed E-state index contributed by atoms with van der Waals surface area (Å²) in [6.07, 6.45) is 0. The van der Waals surface area contributed by atoms with Crippen molar-refractivity contribution in [3.05, 3.63) is 16.4 Å². The Kier molecular flexibility index (Phi) is 1.84. The van der Waals surface area contributed by atoms with Crippen LogP contribution < -0.4 is 9.47 Å². The largest absolute Gasteiger partial charge is 0.477 e. The van der Waals surface area contributed by atoms with E-state index in [2.05, 4.69) is 20.9 Å². The number of carbonyl (C=O) groups is 1. The highest BCUT2D eigenvalue weighted by Gasteiger charge is 2.21. The molecule has 1 aliphatic heterocycles. The Labute approximate surface area is 81.4 Å². The number of aromatic nitrogens is 1. The van der Waals surface area contributed by atoms with Crippen LogP contribution in [0.15, 0.2) is 10.7 Å². The Morgan fingerprint density at radius 3 is 3.08 bits per heavy atom. The van der Waals surface area contributed by atoms with E-state index >= 15 is 0 Å². The summed E-state index contributed by atoms with van der Waals surface area (Å²) in [5, 5.41) is 8.66. The van der Waals surface area contributed by atoms with Crippen molar-refractivity contribution in [1.29, 1.82) is 0 Å². The van der Waals surface area contributed by atoms with Crippen LogP contribution in [0.3, 0.4) is 0 Å². The molecule has 0 spiro atoms. The fraction of sp³-hybridized carbons (Fsp3) is 0.143. The molecule has 0 amide bonds. The molecule has 13 heavy (non-hydrogen) atoms. The molecule has 1 aliphatic rings. The standard InChI is InChI=1S/C7H4BrNO4/c8-6-5-4(12-2-13-5)1-3(9-6)7(10)11/h1H,2H2,(H,10,11). The van der Waals surface area contributed by atoms with Crippen LogP contribution in [0.5, 0.6) is 11.5 Å². The van der Waals surface area contributed by atoms with Crippen molar-refractivity contribution in [3.63, 3.8) is 0 Å². The van der Waals surface area contributed by atoms with Crippen LogP contribution in [0.2, 0.25) is 0 Å². The minimum atomic E-state index is -1.10. The van der Waals surface area contributed by atoms with Gasteiger partial charge in [-0.15, -0.1) is 0 Å². The fourth-order valence-electron chi connectivity index (χ4n) is 0.980. The summed E-state index contributed by atoms with van der Waals surface area (Å²) in [6.45, 7) is 0.0959. The molecule has 1 N–H and O–H groups in total. The number of hydrogen-bond donors (Lipinski definition) is 1. The lowest BCUT2D eigenvalue weighted by atomic mass is 10.3. The maximum atomic E-state index is 10.6. The molecule has 2 rings (SSSR count). The number of carboxylic acid groups (broad SMARTS) is 1. The average Bonchev–Trinajstić information content (AvgIpc) is 2.51. The van der Waals surface area contributed by atoms with Crippen LogP contribution in [-0.2, 0) is 0 Å². The number of aromatic carboxylic acids is 1. The van der Waals surface area contributed by atoms with Gasteiger partial charge < -0.3 is 14.6 Å². The van der Waals surface area contributed by atoms with Gasteiger partial charge in [0, 0.05) is 6.07 Å². The quantitative estimate of drug-likeness (QED) is 0.755. The third-order valence-electron chi connectivity index (χ3n) is 1.53. The number of ether oxygens (including phenoxy) is 2. The van der Waals surface area contributed by atoms with Crippen LogP contribution in [0, 0.1) is 0 Å². The van der Waals surface area contributed by atoms with Crippen LogP contribution in [-0.4, -0.2) is 22.9 Å². The summed E-state index contributed by atoms with van der Waals surface area (Å²) in [5.74, 6) is -0.247. The minimum Gasteiger partial charge on any atom is -0.477 e. The van der Waals surface area contributed by atoms with Crippen molar-refractivity contribution in [1.82, 2.24) is 4.98 Å². The van der Waals surface area contributed by atoms with Gasteiger partial charge in [-0.25, -0.2) is 9.78 Å². The van der Waals surface area contributed by atoms with E-state index < -0.39 is 5.97 Å². The van der Waals surface area contributed by atoms with Crippen molar-refractivity contribution < 1.29 is 19.4 Å². The summed E-state index contributed by atoms with van der Waals surface area (Å²) >= 11 is 3.09. The number of halogens is 1. The van der Waals surface area contributed by atoms with Crippen molar-refractivity contribution in [2.24, 2.45) is 0 Å². The maximum Gasteiger partial charge on any atom is 0.354 e. The van der Waals surface area contributed by atoms with E-state index in [0.717, 1.165) is 0 Å². The van der Waals surface area contributed by atoms with E-state index in [9.17, 15) is 4.79 Å². The summed E-state index contributed by atoms with van der Waals surface area (Å²) in [5.41, 5.74) is -0.0730. The second-order valence-electron chi connectivity index (χ2n) is 2.34. The predicted molar refractivity (Wildman–Crippen MR) is 45.0 cm³/mol. The monoisotopic (exact) mass is 245 g/mol. The first-order valence-electron chi connectivity index (χ1n) is 3.38. The number of rotatable bonds is 1. The van der Waals surface area contributed by atoms with Crippen molar-refractivity contribution in [2.75, 3.05) is 6.79 Å². The van der Waals surface area contributed by atoms with Gasteiger partial charge in [0.15, 0.2) is 21.8 Å². The molecule has 2 heterocycles. The molecule has 0 fully saturated rings. The molecule has 0 aromatic carbocycles. The average molecular weight is 246 g/mol. The predicted octanol–water partition coefficient (Wildman–Crippen LogP) is 1.27. The molecule has 0 radical (unpaired) electrons. The zero-order valence-corrected chi connectivity index (χ0v) is 7.87. The molecular formula is C7H4BrNO4. The van der Waals surface area contributed by atoms with Gasteiger partial charge in [0.05, 0.1) is 0 Å². The number of pyridine rings is 1. The van der Waals surface area contributed by atoms with E-state index in [0.29, 0.717) is 16.1 Å². The first kappa shape index (κ1) is 8.31. The SMILES string of the molecule is O=C(O)c1cc2c(c(Br)n1)OCO2. The molecule has 0 saturated carbocycles. The molecule has 1 aromatic rings. The first-order valence-corrected chi connectivity index (χ1v) is 4.17. The lowest BCUT2D eigenvalue weighted by Crippen LogP contribution is -2.00. The molecule has 0 bridgehead atoms. The highest BCUT2D eigenvalue weighted by atomic mass is 79.9. The zero-order valence-electron chi connectivity index (χ0n) is 6.28. The number of nitrogens with zero attached hydrogens (tertiary/aromatic N) is 1. The Morgan fingerprint density at radius 1 is 1.62 bits per heavy atom. The second kappa shape index (κ2) is 2.88. The van der Waals surface area contributed by atoms with Gasteiger partial charge in [-0.3, -0.25) is 0 Å². The third kappa shape index (κ3) is 1.33. The van der Waals surface area contributed by atoms with Gasteiger partial charge in [-0.1, -0.05) is 0 Å². The number of hydrogen-bond acceptors (Lipinski definition) is 4. The summed E-state index contributed by atoms with van der Waals surface area (Å²) in [4.78, 5) is 14.3. The van der Waals surface area contributed by atoms with Gasteiger partial charge in [0.2, 0.25) is 6.79 Å². The molecule has 0 saturated heterocycles. The lowest BCUT2D eigenvalue weighted by Gasteiger charge is -1.99. The van der Waals surface area contributed by atoms with E-state index in [1.54, 1.807) is 0 Å². The Hall–Kier alpha value is -1.30. The fourth-order valence-corrected chi connectivity index (χ4v) is 1.48. The summed E-state index contributed by atoms with van der Waals surface area (Å²) in [6, 6.07) is 1.33. The molecule has 1 aromatic heterocycles. The second-order valence-corrected chi connectivity index (χ2v) is 3.09. The molecule has 68 valence electrons. The number of fused-ring (bicyclic) bond motifs is 1. The van der Waals surface area contributed by atoms with Gasteiger partial charge in [0.25, 0.3) is 0 Å². The normalized spacial score (nSPS) is 13.0. The van der Waals surface area contributed by atoms with Crippen LogP contribution in [0.1, 0.15) is 10.5 Å². The molecule has 0 aliphatic carbocycles.